The average Bonchev–Trinajstić information content (AvgIpc) is 2.47. The van der Waals surface area contributed by atoms with Crippen LogP contribution in [0.25, 0.3) is 0 Å². The van der Waals surface area contributed by atoms with Crippen LogP contribution < -0.4 is 10.1 Å². The third kappa shape index (κ3) is 4.04. The summed E-state index contributed by atoms with van der Waals surface area (Å²) in [7, 11) is 1.60. The Kier molecular flexibility index (Phi) is 5.50. The summed E-state index contributed by atoms with van der Waals surface area (Å²) in [4.78, 5) is 13.6. The van der Waals surface area contributed by atoms with Crippen LogP contribution in [0.3, 0.4) is 0 Å². The van der Waals surface area contributed by atoms with Crippen molar-refractivity contribution in [2.45, 2.75) is 30.9 Å². The molecule has 2 aromatic carbocycles. The van der Waals surface area contributed by atoms with Crippen molar-refractivity contribution in [1.29, 1.82) is 0 Å². The molecule has 0 unspecified atom stereocenters. The van der Waals surface area contributed by atoms with Crippen LogP contribution in [0, 0.1) is 6.92 Å². The maximum absolute atomic E-state index is 12.6. The maximum atomic E-state index is 12.6. The number of methoxy groups -OCH3 is 1. The van der Waals surface area contributed by atoms with Crippen LogP contribution in [0.2, 0.25) is 0 Å². The van der Waals surface area contributed by atoms with E-state index in [1.165, 1.54) is 0 Å². The normalized spacial score (nSPS) is 10.6. The van der Waals surface area contributed by atoms with E-state index in [0.29, 0.717) is 22.3 Å². The number of carbonyl (C=O) groups is 1. The average molecular weight is 315 g/mol. The highest BCUT2D eigenvalue weighted by Crippen LogP contribution is 2.29. The van der Waals surface area contributed by atoms with Crippen molar-refractivity contribution in [3.05, 3.63) is 53.6 Å². The number of nitrogens with one attached hydrogen (secondary N) is 1. The first-order valence-electron chi connectivity index (χ1n) is 7.23. The van der Waals surface area contributed by atoms with Gasteiger partial charge in [0.1, 0.15) is 5.75 Å². The van der Waals surface area contributed by atoms with Crippen LogP contribution >= 0.6 is 11.8 Å². The van der Waals surface area contributed by atoms with Gasteiger partial charge in [0.05, 0.1) is 18.4 Å². The number of thioether (sulfide) groups is 1. The SMILES string of the molecule is COc1ccc(C)cc1NC(=O)c1ccccc1SC(C)C. The summed E-state index contributed by atoms with van der Waals surface area (Å²) >= 11 is 1.68. The second kappa shape index (κ2) is 7.36. The van der Waals surface area contributed by atoms with E-state index >= 15 is 0 Å². The number of benzene rings is 2. The summed E-state index contributed by atoms with van der Waals surface area (Å²) in [6.45, 7) is 6.21. The van der Waals surface area contributed by atoms with Gasteiger partial charge in [0, 0.05) is 10.1 Å². The second-order valence-electron chi connectivity index (χ2n) is 5.32. The Morgan fingerprint density at radius 1 is 1.18 bits per heavy atom. The van der Waals surface area contributed by atoms with E-state index in [1.807, 2.05) is 49.4 Å². The van der Waals surface area contributed by atoms with Crippen molar-refractivity contribution in [1.82, 2.24) is 0 Å². The van der Waals surface area contributed by atoms with Gasteiger partial charge in [0.25, 0.3) is 5.91 Å². The zero-order valence-corrected chi connectivity index (χ0v) is 14.2. The molecular formula is C18H21NO2S. The first-order chi connectivity index (χ1) is 10.5. The lowest BCUT2D eigenvalue weighted by molar-refractivity contribution is 0.102. The number of carbonyl (C=O) groups excluding carboxylic acids is 1. The van der Waals surface area contributed by atoms with Crippen molar-refractivity contribution in [3.63, 3.8) is 0 Å². The molecule has 1 N–H and O–H groups in total. The molecule has 0 heterocycles. The zero-order chi connectivity index (χ0) is 16.1. The van der Waals surface area contributed by atoms with Crippen molar-refractivity contribution >= 4 is 23.4 Å². The monoisotopic (exact) mass is 315 g/mol. The molecule has 0 aliphatic rings. The van der Waals surface area contributed by atoms with Gasteiger partial charge in [-0.3, -0.25) is 4.79 Å². The lowest BCUT2D eigenvalue weighted by Crippen LogP contribution is -2.14. The van der Waals surface area contributed by atoms with E-state index in [4.69, 9.17) is 4.74 Å². The molecule has 0 aliphatic carbocycles. The van der Waals surface area contributed by atoms with Crippen LogP contribution in [0.15, 0.2) is 47.4 Å². The predicted molar refractivity (Wildman–Crippen MR) is 93.1 cm³/mol. The molecule has 0 fully saturated rings. The molecule has 0 aliphatic heterocycles. The number of rotatable bonds is 5. The topological polar surface area (TPSA) is 38.3 Å². The Balaban J connectivity index is 2.28. The van der Waals surface area contributed by atoms with Crippen molar-refractivity contribution in [2.24, 2.45) is 0 Å². The number of ether oxygens (including phenoxy) is 1. The first kappa shape index (κ1) is 16.4. The van der Waals surface area contributed by atoms with Gasteiger partial charge in [0.15, 0.2) is 0 Å². The van der Waals surface area contributed by atoms with Gasteiger partial charge in [-0.15, -0.1) is 11.8 Å². The fourth-order valence-corrected chi connectivity index (χ4v) is 3.07. The molecule has 4 heteroatoms. The van der Waals surface area contributed by atoms with E-state index < -0.39 is 0 Å². The van der Waals surface area contributed by atoms with E-state index in [0.717, 1.165) is 10.5 Å². The highest BCUT2D eigenvalue weighted by molar-refractivity contribution is 8.00. The van der Waals surface area contributed by atoms with Gasteiger partial charge in [-0.25, -0.2) is 0 Å². The minimum atomic E-state index is -0.118. The molecule has 2 aromatic rings. The number of hydrogen-bond donors (Lipinski definition) is 1. The number of anilines is 1. The molecule has 0 saturated heterocycles. The summed E-state index contributed by atoms with van der Waals surface area (Å²) in [6.07, 6.45) is 0. The summed E-state index contributed by atoms with van der Waals surface area (Å²) in [5.74, 6) is 0.542. The molecule has 0 aromatic heterocycles. The smallest absolute Gasteiger partial charge is 0.256 e. The van der Waals surface area contributed by atoms with Gasteiger partial charge < -0.3 is 10.1 Å². The van der Waals surface area contributed by atoms with Gasteiger partial charge in [-0.2, -0.15) is 0 Å². The lowest BCUT2D eigenvalue weighted by atomic mass is 10.1. The molecule has 0 atom stereocenters. The van der Waals surface area contributed by atoms with Crippen LogP contribution in [-0.4, -0.2) is 18.3 Å². The summed E-state index contributed by atoms with van der Waals surface area (Å²) < 4.78 is 5.31. The quantitative estimate of drug-likeness (QED) is 0.809. The predicted octanol–water partition coefficient (Wildman–Crippen LogP) is 4.76. The van der Waals surface area contributed by atoms with Crippen LogP contribution in [0.4, 0.5) is 5.69 Å². The fourth-order valence-electron chi connectivity index (χ4n) is 2.12. The number of amides is 1. The largest absolute Gasteiger partial charge is 0.495 e. The van der Waals surface area contributed by atoms with Crippen molar-refractivity contribution in [2.75, 3.05) is 12.4 Å². The molecule has 2 rings (SSSR count). The second-order valence-corrected chi connectivity index (χ2v) is 6.94. The number of aryl methyl sites for hydroxylation is 1. The third-order valence-electron chi connectivity index (χ3n) is 3.10. The molecular weight excluding hydrogens is 294 g/mol. The highest BCUT2D eigenvalue weighted by atomic mass is 32.2. The molecule has 1 amide bonds. The molecule has 0 spiro atoms. The summed E-state index contributed by atoms with van der Waals surface area (Å²) in [5, 5.41) is 3.37. The minimum Gasteiger partial charge on any atom is -0.495 e. The zero-order valence-electron chi connectivity index (χ0n) is 13.3. The lowest BCUT2D eigenvalue weighted by Gasteiger charge is -2.14. The van der Waals surface area contributed by atoms with Crippen LogP contribution in [0.1, 0.15) is 29.8 Å². The third-order valence-corrected chi connectivity index (χ3v) is 4.18. The molecule has 0 bridgehead atoms. The minimum absolute atomic E-state index is 0.118. The summed E-state index contributed by atoms with van der Waals surface area (Å²) in [5.41, 5.74) is 2.45. The Labute approximate surface area is 136 Å². The van der Waals surface area contributed by atoms with Gasteiger partial charge in [-0.05, 0) is 36.8 Å². The molecule has 0 saturated carbocycles. The highest BCUT2D eigenvalue weighted by Gasteiger charge is 2.14. The standard InChI is InChI=1S/C18H21NO2S/c1-12(2)22-17-8-6-5-7-14(17)18(20)19-15-11-13(3)9-10-16(15)21-4/h5-12H,1-4H3,(H,19,20). The molecule has 0 radical (unpaired) electrons. The first-order valence-corrected chi connectivity index (χ1v) is 8.11. The van der Waals surface area contributed by atoms with E-state index in [2.05, 4.69) is 19.2 Å². The van der Waals surface area contributed by atoms with Gasteiger partial charge in [-0.1, -0.05) is 32.0 Å². The fraction of sp³-hybridized carbons (Fsp3) is 0.278. The Bertz CT molecular complexity index is 668. The van der Waals surface area contributed by atoms with Gasteiger partial charge >= 0.3 is 0 Å². The van der Waals surface area contributed by atoms with Crippen LogP contribution in [-0.2, 0) is 0 Å². The van der Waals surface area contributed by atoms with E-state index in [-0.39, 0.29) is 5.91 Å². The Morgan fingerprint density at radius 2 is 1.91 bits per heavy atom. The molecule has 22 heavy (non-hydrogen) atoms. The van der Waals surface area contributed by atoms with Crippen molar-refractivity contribution < 1.29 is 9.53 Å². The van der Waals surface area contributed by atoms with Crippen LogP contribution in [0.5, 0.6) is 5.75 Å². The van der Waals surface area contributed by atoms with E-state index in [9.17, 15) is 4.79 Å². The summed E-state index contributed by atoms with van der Waals surface area (Å²) in [6, 6.07) is 13.4. The van der Waals surface area contributed by atoms with Gasteiger partial charge in [0.2, 0.25) is 0 Å². The number of hydrogen-bond acceptors (Lipinski definition) is 3. The Hall–Kier alpha value is -1.94. The van der Waals surface area contributed by atoms with Crippen molar-refractivity contribution in [3.8, 4) is 5.75 Å². The maximum Gasteiger partial charge on any atom is 0.256 e. The Morgan fingerprint density at radius 3 is 2.59 bits per heavy atom. The molecule has 3 nitrogen and oxygen atoms in total. The molecule has 116 valence electrons. The van der Waals surface area contributed by atoms with E-state index in [1.54, 1.807) is 18.9 Å².